The molecule has 1 heterocycles. The minimum atomic E-state index is -3.50. The number of aliphatic hydroxyl groups excluding tert-OH is 1. The van der Waals surface area contributed by atoms with Gasteiger partial charge in [-0.3, -0.25) is 19.5 Å². The Morgan fingerprint density at radius 3 is 2.04 bits per heavy atom. The zero-order chi connectivity index (χ0) is 40.1. The number of hydrogen-bond donors (Lipinski definition) is 4. The zero-order valence-electron chi connectivity index (χ0n) is 31.9. The second-order valence-corrected chi connectivity index (χ2v) is 16.6. The van der Waals surface area contributed by atoms with Crippen LogP contribution in [0.5, 0.6) is 0 Å². The summed E-state index contributed by atoms with van der Waals surface area (Å²) in [5.74, 6) is -1.54. The number of aliphatic hydroxyl groups is 1. The van der Waals surface area contributed by atoms with Crippen LogP contribution < -0.4 is 16.0 Å². The molecule has 0 bridgehead atoms. The van der Waals surface area contributed by atoms with Crippen LogP contribution in [0.15, 0.2) is 79.0 Å². The van der Waals surface area contributed by atoms with Crippen molar-refractivity contribution < 1.29 is 42.2 Å². The second kappa shape index (κ2) is 19.9. The molecule has 2 aromatic carbocycles. The van der Waals surface area contributed by atoms with Crippen LogP contribution in [-0.2, 0) is 41.7 Å². The summed E-state index contributed by atoms with van der Waals surface area (Å²) in [4.78, 5) is 57.6. The van der Waals surface area contributed by atoms with Gasteiger partial charge in [-0.1, -0.05) is 81.4 Å². The van der Waals surface area contributed by atoms with Crippen LogP contribution in [-0.4, -0.2) is 110 Å². The summed E-state index contributed by atoms with van der Waals surface area (Å²) in [6, 6.07) is 19.0. The van der Waals surface area contributed by atoms with Crippen LogP contribution in [0, 0.1) is 5.41 Å². The Bertz CT molecular complexity index is 1790. The number of carbonyl (C=O) groups is 4. The van der Waals surface area contributed by atoms with Gasteiger partial charge in [0.2, 0.25) is 11.8 Å². The van der Waals surface area contributed by atoms with E-state index >= 15 is 0 Å². The number of sulfone groups is 1. The van der Waals surface area contributed by atoms with Crippen molar-refractivity contribution in [2.45, 2.75) is 77.2 Å². The van der Waals surface area contributed by atoms with Gasteiger partial charge in [-0.25, -0.2) is 18.0 Å². The number of carbonyl (C=O) groups excluding carboxylic acids is 4. The molecule has 5 unspecified atom stereocenters. The Morgan fingerprint density at radius 2 is 1.48 bits per heavy atom. The van der Waals surface area contributed by atoms with Crippen molar-refractivity contribution in [3.63, 3.8) is 0 Å². The van der Waals surface area contributed by atoms with E-state index in [1.54, 1.807) is 27.0 Å². The Labute approximate surface area is 317 Å². The number of methoxy groups -OCH3 is 2. The van der Waals surface area contributed by atoms with Crippen LogP contribution in [0.3, 0.4) is 0 Å². The fourth-order valence-electron chi connectivity index (χ4n) is 6.02. The van der Waals surface area contributed by atoms with Crippen molar-refractivity contribution in [3.8, 4) is 11.3 Å². The number of amides is 4. The lowest BCUT2D eigenvalue weighted by Crippen LogP contribution is -2.57. The molecule has 0 aliphatic carbocycles. The van der Waals surface area contributed by atoms with Crippen LogP contribution in [0.2, 0.25) is 0 Å². The van der Waals surface area contributed by atoms with E-state index in [1.165, 1.54) is 14.0 Å². The third-order valence-corrected chi connectivity index (χ3v) is 9.84. The monoisotopic (exact) mass is 767 g/mol. The maximum absolute atomic E-state index is 13.8. The molecule has 294 valence electrons. The molecule has 54 heavy (non-hydrogen) atoms. The van der Waals surface area contributed by atoms with Crippen molar-refractivity contribution in [3.05, 3.63) is 90.1 Å². The topological polar surface area (TPSA) is 193 Å². The molecular weight excluding hydrogens is 715 g/mol. The van der Waals surface area contributed by atoms with E-state index in [4.69, 9.17) is 9.47 Å². The largest absolute Gasteiger partial charge is 0.453 e. The first kappa shape index (κ1) is 43.4. The van der Waals surface area contributed by atoms with Crippen LogP contribution >= 0.6 is 0 Å². The SMILES string of the molecule is COC(=O)NC(C(=O)NC(Cc1ccc(-c2ccccn2)cc1)CC(O)C(Cc1ccccc1)NC(=O)CN(C(=O)OC)C(C)CS(C)(=O)=O)C(C)(C)C. The van der Waals surface area contributed by atoms with Gasteiger partial charge in [-0.15, -0.1) is 0 Å². The molecule has 1 aromatic heterocycles. The molecule has 14 nitrogen and oxygen atoms in total. The summed E-state index contributed by atoms with van der Waals surface area (Å²) in [6.45, 7) is 6.36. The fourth-order valence-corrected chi connectivity index (χ4v) is 7.08. The number of pyridine rings is 1. The molecule has 5 atom stereocenters. The molecule has 3 rings (SSSR count). The number of ether oxygens (including phenoxy) is 2. The zero-order valence-corrected chi connectivity index (χ0v) is 32.8. The molecule has 0 radical (unpaired) electrons. The summed E-state index contributed by atoms with van der Waals surface area (Å²) >= 11 is 0. The van der Waals surface area contributed by atoms with Gasteiger partial charge in [0.25, 0.3) is 0 Å². The lowest BCUT2D eigenvalue weighted by atomic mass is 9.85. The number of rotatable bonds is 17. The van der Waals surface area contributed by atoms with E-state index in [-0.39, 0.29) is 19.3 Å². The number of hydrogen-bond acceptors (Lipinski definition) is 10. The number of aromatic nitrogens is 1. The molecule has 4 amide bonds. The second-order valence-electron chi connectivity index (χ2n) is 14.5. The summed E-state index contributed by atoms with van der Waals surface area (Å²) < 4.78 is 33.6. The summed E-state index contributed by atoms with van der Waals surface area (Å²) in [7, 11) is -1.16. The molecule has 0 fully saturated rings. The first-order valence-corrected chi connectivity index (χ1v) is 19.6. The number of alkyl carbamates (subject to hydrolysis) is 1. The van der Waals surface area contributed by atoms with E-state index in [0.717, 1.165) is 40.6 Å². The molecule has 15 heteroatoms. The molecule has 0 saturated heterocycles. The Morgan fingerprint density at radius 1 is 0.852 bits per heavy atom. The van der Waals surface area contributed by atoms with Crippen LogP contribution in [0.1, 0.15) is 45.2 Å². The van der Waals surface area contributed by atoms with E-state index in [0.29, 0.717) is 0 Å². The van der Waals surface area contributed by atoms with Crippen molar-refractivity contribution in [2.75, 3.05) is 32.8 Å². The fraction of sp³-hybridized carbons (Fsp3) is 0.462. The molecule has 4 N–H and O–H groups in total. The van der Waals surface area contributed by atoms with Gasteiger partial charge in [0, 0.05) is 30.1 Å². The lowest BCUT2D eigenvalue weighted by Gasteiger charge is -2.33. The maximum Gasteiger partial charge on any atom is 0.410 e. The highest BCUT2D eigenvalue weighted by atomic mass is 32.2. The van der Waals surface area contributed by atoms with Crippen molar-refractivity contribution in [1.82, 2.24) is 25.8 Å². The number of nitrogens with one attached hydrogen (secondary N) is 3. The van der Waals surface area contributed by atoms with Crippen molar-refractivity contribution in [2.24, 2.45) is 5.41 Å². The Kier molecular flexibility index (Phi) is 16.0. The average molecular weight is 768 g/mol. The molecule has 0 aliphatic heterocycles. The molecular formula is C39H53N5O9S. The first-order valence-electron chi connectivity index (χ1n) is 17.6. The smallest absolute Gasteiger partial charge is 0.410 e. The lowest BCUT2D eigenvalue weighted by molar-refractivity contribution is -0.127. The van der Waals surface area contributed by atoms with E-state index in [1.807, 2.05) is 72.8 Å². The third-order valence-electron chi connectivity index (χ3n) is 8.75. The normalized spacial score (nSPS) is 14.4. The van der Waals surface area contributed by atoms with Gasteiger partial charge in [-0.2, -0.15) is 0 Å². The highest BCUT2D eigenvalue weighted by Crippen LogP contribution is 2.22. The molecule has 3 aromatic rings. The van der Waals surface area contributed by atoms with Crippen molar-refractivity contribution in [1.29, 1.82) is 0 Å². The highest BCUT2D eigenvalue weighted by molar-refractivity contribution is 7.90. The average Bonchev–Trinajstić information content (AvgIpc) is 3.11. The van der Waals surface area contributed by atoms with Crippen molar-refractivity contribution >= 4 is 33.8 Å². The number of benzene rings is 2. The quantitative estimate of drug-likeness (QED) is 0.158. The van der Waals surface area contributed by atoms with Crippen LogP contribution in [0.25, 0.3) is 11.3 Å². The highest BCUT2D eigenvalue weighted by Gasteiger charge is 2.35. The maximum atomic E-state index is 13.8. The van der Waals surface area contributed by atoms with Gasteiger partial charge >= 0.3 is 12.2 Å². The van der Waals surface area contributed by atoms with Gasteiger partial charge in [0.05, 0.1) is 37.8 Å². The Hall–Kier alpha value is -5.02. The summed E-state index contributed by atoms with van der Waals surface area (Å²) in [5.41, 5.74) is 2.63. The van der Waals surface area contributed by atoms with Gasteiger partial charge in [0.15, 0.2) is 0 Å². The van der Waals surface area contributed by atoms with E-state index in [2.05, 4.69) is 20.9 Å². The van der Waals surface area contributed by atoms with Gasteiger partial charge < -0.3 is 30.5 Å². The van der Waals surface area contributed by atoms with E-state index < -0.39 is 81.8 Å². The first-order chi connectivity index (χ1) is 25.4. The number of nitrogens with zero attached hydrogens (tertiary/aromatic N) is 2. The Balaban J connectivity index is 1.93. The van der Waals surface area contributed by atoms with Gasteiger partial charge in [0.1, 0.15) is 22.4 Å². The molecule has 0 spiro atoms. The van der Waals surface area contributed by atoms with E-state index in [9.17, 15) is 32.7 Å². The predicted octanol–water partition coefficient (Wildman–Crippen LogP) is 3.53. The summed E-state index contributed by atoms with van der Waals surface area (Å²) in [6.07, 6.45) is 0.309. The van der Waals surface area contributed by atoms with Gasteiger partial charge in [-0.05, 0) is 54.9 Å². The third kappa shape index (κ3) is 14.1. The summed E-state index contributed by atoms with van der Waals surface area (Å²) in [5, 5.41) is 20.3. The minimum Gasteiger partial charge on any atom is -0.453 e. The molecule has 0 aliphatic rings. The standard InChI is InChI=1S/C39H53N5O9S/c1-26(25-54(7,50)51)44(38(49)53-6)24-34(46)42-32(22-27-13-9-8-10-14-27)33(45)23-30(41-36(47)35(39(2,3)4)43-37(48)52-5)21-28-16-18-29(19-17-28)31-15-11-12-20-40-31/h8-20,26,30,32-33,35,45H,21-25H2,1-7H3,(H,41,47)(H,42,46)(H,43,48). The molecule has 0 saturated carbocycles. The predicted molar refractivity (Wildman–Crippen MR) is 205 cm³/mol. The van der Waals surface area contributed by atoms with Crippen LogP contribution in [0.4, 0.5) is 9.59 Å². The minimum absolute atomic E-state index is 0.0220.